The third-order valence-electron chi connectivity index (χ3n) is 4.06. The lowest BCUT2D eigenvalue weighted by atomic mass is 9.94. The Morgan fingerprint density at radius 1 is 1.36 bits per heavy atom. The molecule has 0 saturated heterocycles. The van der Waals surface area contributed by atoms with Gasteiger partial charge in [-0.2, -0.15) is 0 Å². The van der Waals surface area contributed by atoms with Gasteiger partial charge in [-0.25, -0.2) is 4.79 Å². The first-order valence-corrected chi connectivity index (χ1v) is 8.16. The van der Waals surface area contributed by atoms with Crippen LogP contribution in [0.3, 0.4) is 0 Å². The molecule has 0 radical (unpaired) electrons. The number of rotatable bonds is 3. The quantitative estimate of drug-likeness (QED) is 0.840. The van der Waals surface area contributed by atoms with Crippen molar-refractivity contribution in [2.75, 3.05) is 13.1 Å². The number of carbonyl (C=O) groups is 2. The van der Waals surface area contributed by atoms with E-state index in [1.54, 1.807) is 30.8 Å². The summed E-state index contributed by atoms with van der Waals surface area (Å²) in [4.78, 5) is 23.9. The fraction of sp³-hybridized carbons (Fsp3) is 0.294. The van der Waals surface area contributed by atoms with Gasteiger partial charge in [0.15, 0.2) is 5.78 Å². The Labute approximate surface area is 133 Å². The average molecular weight is 315 g/mol. The fourth-order valence-electron chi connectivity index (χ4n) is 2.89. The Morgan fingerprint density at radius 3 is 2.91 bits per heavy atom. The lowest BCUT2D eigenvalue weighted by Gasteiger charge is -2.12. The minimum atomic E-state index is -0.968. The molecule has 0 saturated carbocycles. The molecule has 0 bridgehead atoms. The lowest BCUT2D eigenvalue weighted by molar-refractivity contribution is 0.0695. The molecule has 0 fully saturated rings. The summed E-state index contributed by atoms with van der Waals surface area (Å²) in [6.45, 7) is 3.18. The number of carboxylic acid groups (broad SMARTS) is 1. The van der Waals surface area contributed by atoms with Crippen molar-refractivity contribution in [2.45, 2.75) is 18.6 Å². The smallest absolute Gasteiger partial charge is 0.335 e. The molecule has 0 amide bonds. The molecule has 0 spiro atoms. The summed E-state index contributed by atoms with van der Waals surface area (Å²) in [6, 6.07) is 4.79. The number of allylic oxidation sites excluding steroid dienone is 1. The lowest BCUT2D eigenvalue weighted by Crippen LogP contribution is -2.21. The van der Waals surface area contributed by atoms with Crippen molar-refractivity contribution in [3.8, 4) is 0 Å². The maximum atomic E-state index is 12.8. The zero-order chi connectivity index (χ0) is 15.7. The molecule has 0 aliphatic carbocycles. The third kappa shape index (κ3) is 2.74. The Balaban J connectivity index is 1.98. The van der Waals surface area contributed by atoms with Gasteiger partial charge in [0, 0.05) is 22.9 Å². The van der Waals surface area contributed by atoms with Gasteiger partial charge in [0.2, 0.25) is 0 Å². The van der Waals surface area contributed by atoms with Crippen molar-refractivity contribution in [1.29, 1.82) is 0 Å². The standard InChI is InChI=1S/C17H17NO3S/c1-10-8-11(2-3-12(10)17(20)21)16(19)14-9-18-6-4-15-13(14)5-7-22-15/h2-3,5,7-8,15,18H,4,6,9H2,1H3,(H,20,21). The van der Waals surface area contributed by atoms with Gasteiger partial charge in [-0.1, -0.05) is 12.1 Å². The first-order chi connectivity index (χ1) is 10.6. The van der Waals surface area contributed by atoms with E-state index in [9.17, 15) is 9.59 Å². The normalized spacial score (nSPS) is 20.7. The van der Waals surface area contributed by atoms with Crippen LogP contribution in [0.15, 0.2) is 40.8 Å². The minimum absolute atomic E-state index is 0.0124. The average Bonchev–Trinajstić information content (AvgIpc) is 2.86. The number of hydrogen-bond donors (Lipinski definition) is 2. The molecule has 2 aliphatic heterocycles. The van der Waals surface area contributed by atoms with Gasteiger partial charge >= 0.3 is 5.97 Å². The second-order valence-electron chi connectivity index (χ2n) is 5.49. The number of fused-ring (bicyclic) bond motifs is 1. The second-order valence-corrected chi connectivity index (χ2v) is 6.60. The molecule has 2 heterocycles. The zero-order valence-electron chi connectivity index (χ0n) is 12.3. The van der Waals surface area contributed by atoms with Crippen LogP contribution in [0.4, 0.5) is 0 Å². The number of carbonyl (C=O) groups excluding carboxylic acids is 1. The fourth-order valence-corrected chi connectivity index (χ4v) is 3.92. The van der Waals surface area contributed by atoms with Crippen molar-refractivity contribution in [2.24, 2.45) is 0 Å². The number of nitrogens with one attached hydrogen (secondary N) is 1. The van der Waals surface area contributed by atoms with E-state index >= 15 is 0 Å². The molecule has 1 aromatic rings. The molecule has 2 N–H and O–H groups in total. The van der Waals surface area contributed by atoms with Gasteiger partial charge in [0.05, 0.1) is 5.56 Å². The van der Waals surface area contributed by atoms with E-state index in [1.165, 1.54) is 6.07 Å². The van der Waals surface area contributed by atoms with Crippen LogP contribution in [0, 0.1) is 6.92 Å². The number of carboxylic acids is 1. The molecule has 2 aliphatic rings. The highest BCUT2D eigenvalue weighted by molar-refractivity contribution is 8.03. The van der Waals surface area contributed by atoms with E-state index in [2.05, 4.69) is 10.7 Å². The number of aryl methyl sites for hydroxylation is 1. The van der Waals surface area contributed by atoms with E-state index in [0.29, 0.717) is 22.9 Å². The van der Waals surface area contributed by atoms with E-state index in [0.717, 1.165) is 24.1 Å². The van der Waals surface area contributed by atoms with Crippen LogP contribution in [-0.4, -0.2) is 35.2 Å². The first kappa shape index (κ1) is 15.1. The highest BCUT2D eigenvalue weighted by Gasteiger charge is 2.27. The van der Waals surface area contributed by atoms with Crippen molar-refractivity contribution in [3.63, 3.8) is 0 Å². The SMILES string of the molecule is Cc1cc(C(=O)C2=C3C=CSC3CCNC2)ccc1C(=O)O. The molecule has 3 rings (SSSR count). The largest absolute Gasteiger partial charge is 0.478 e. The van der Waals surface area contributed by atoms with E-state index < -0.39 is 5.97 Å². The number of ketones is 1. The topological polar surface area (TPSA) is 66.4 Å². The monoisotopic (exact) mass is 315 g/mol. The van der Waals surface area contributed by atoms with Gasteiger partial charge in [-0.3, -0.25) is 4.79 Å². The van der Waals surface area contributed by atoms with Crippen LogP contribution in [0.25, 0.3) is 0 Å². The summed E-state index contributed by atoms with van der Waals surface area (Å²) in [5.41, 5.74) is 3.31. The maximum Gasteiger partial charge on any atom is 0.335 e. The van der Waals surface area contributed by atoms with Crippen LogP contribution in [0.5, 0.6) is 0 Å². The van der Waals surface area contributed by atoms with Gasteiger partial charge in [0.1, 0.15) is 0 Å². The van der Waals surface area contributed by atoms with Gasteiger partial charge in [-0.05, 0) is 48.6 Å². The van der Waals surface area contributed by atoms with Crippen LogP contribution in [0.1, 0.15) is 32.7 Å². The van der Waals surface area contributed by atoms with Gasteiger partial charge < -0.3 is 10.4 Å². The first-order valence-electron chi connectivity index (χ1n) is 7.22. The molecule has 4 nitrogen and oxygen atoms in total. The maximum absolute atomic E-state index is 12.8. The summed E-state index contributed by atoms with van der Waals surface area (Å²) in [6.07, 6.45) is 3.05. The van der Waals surface area contributed by atoms with Gasteiger partial charge in [-0.15, -0.1) is 11.8 Å². The minimum Gasteiger partial charge on any atom is -0.478 e. The number of benzene rings is 1. The van der Waals surface area contributed by atoms with Crippen molar-refractivity contribution >= 4 is 23.5 Å². The summed E-state index contributed by atoms with van der Waals surface area (Å²) in [5, 5.41) is 14.8. The Bertz CT molecular complexity index is 706. The van der Waals surface area contributed by atoms with Crippen LogP contribution in [0.2, 0.25) is 0 Å². The molecule has 22 heavy (non-hydrogen) atoms. The number of thioether (sulfide) groups is 1. The van der Waals surface area contributed by atoms with Crippen LogP contribution < -0.4 is 5.32 Å². The van der Waals surface area contributed by atoms with Gasteiger partial charge in [0.25, 0.3) is 0 Å². The van der Waals surface area contributed by atoms with Crippen molar-refractivity contribution in [3.05, 3.63) is 57.5 Å². The summed E-state index contributed by atoms with van der Waals surface area (Å²) in [5.74, 6) is -0.980. The van der Waals surface area contributed by atoms with E-state index in [4.69, 9.17) is 5.11 Å². The molecule has 1 aromatic carbocycles. The highest BCUT2D eigenvalue weighted by atomic mass is 32.2. The predicted octanol–water partition coefficient (Wildman–Crippen LogP) is 2.79. The molecule has 0 aromatic heterocycles. The number of Topliss-reactive ketones (excluding diaryl/α,β-unsaturated/α-hetero) is 1. The Kier molecular flexibility index (Phi) is 4.18. The molecule has 5 heteroatoms. The highest BCUT2D eigenvalue weighted by Crippen LogP contribution is 2.35. The molecular formula is C17H17NO3S. The molecule has 1 unspecified atom stereocenters. The summed E-state index contributed by atoms with van der Waals surface area (Å²) >= 11 is 1.76. The van der Waals surface area contributed by atoms with E-state index in [1.807, 2.05) is 6.08 Å². The molecular weight excluding hydrogens is 298 g/mol. The number of hydrogen-bond acceptors (Lipinski definition) is 4. The Morgan fingerprint density at radius 2 is 2.18 bits per heavy atom. The third-order valence-corrected chi connectivity index (χ3v) is 5.18. The van der Waals surface area contributed by atoms with E-state index in [-0.39, 0.29) is 11.3 Å². The summed E-state index contributed by atoms with van der Waals surface area (Å²) < 4.78 is 0. The molecule has 1 atom stereocenters. The van der Waals surface area contributed by atoms with Crippen molar-refractivity contribution in [1.82, 2.24) is 5.32 Å². The van der Waals surface area contributed by atoms with Crippen molar-refractivity contribution < 1.29 is 14.7 Å². The van der Waals surface area contributed by atoms with Crippen LogP contribution >= 0.6 is 11.8 Å². The predicted molar refractivity (Wildman–Crippen MR) is 87.5 cm³/mol. The second kappa shape index (κ2) is 6.10. The summed E-state index contributed by atoms with van der Waals surface area (Å²) in [7, 11) is 0. The number of aromatic carboxylic acids is 1. The van der Waals surface area contributed by atoms with Crippen LogP contribution in [-0.2, 0) is 0 Å². The molecule has 114 valence electrons. The zero-order valence-corrected chi connectivity index (χ0v) is 13.1. The Hall–Kier alpha value is -1.85.